The SMILES string of the molecule is Cc1ccc2c(c1C)OC[C@@H]2NC(=O)c1ccccc1-c1cncnc1. The van der Waals surface area contributed by atoms with Crippen LogP contribution in [0.1, 0.15) is 33.1 Å². The summed E-state index contributed by atoms with van der Waals surface area (Å²) in [6.07, 6.45) is 4.89. The van der Waals surface area contributed by atoms with E-state index in [4.69, 9.17) is 4.74 Å². The minimum absolute atomic E-state index is 0.135. The fourth-order valence-corrected chi connectivity index (χ4v) is 3.26. The van der Waals surface area contributed by atoms with Crippen molar-refractivity contribution in [2.24, 2.45) is 0 Å². The summed E-state index contributed by atoms with van der Waals surface area (Å²) in [5, 5.41) is 3.10. The van der Waals surface area contributed by atoms with Crippen molar-refractivity contribution in [1.82, 2.24) is 15.3 Å². The van der Waals surface area contributed by atoms with Crippen LogP contribution >= 0.6 is 0 Å². The van der Waals surface area contributed by atoms with Crippen molar-refractivity contribution >= 4 is 5.91 Å². The molecule has 26 heavy (non-hydrogen) atoms. The van der Waals surface area contributed by atoms with Crippen molar-refractivity contribution in [1.29, 1.82) is 0 Å². The van der Waals surface area contributed by atoms with Gasteiger partial charge in [0, 0.05) is 29.1 Å². The first kappa shape index (κ1) is 16.3. The molecule has 1 aliphatic heterocycles. The van der Waals surface area contributed by atoms with Crippen molar-refractivity contribution < 1.29 is 9.53 Å². The number of nitrogens with zero attached hydrogens (tertiary/aromatic N) is 2. The van der Waals surface area contributed by atoms with E-state index in [-0.39, 0.29) is 11.9 Å². The summed E-state index contributed by atoms with van der Waals surface area (Å²) in [6.45, 7) is 4.55. The van der Waals surface area contributed by atoms with Gasteiger partial charge in [0.1, 0.15) is 18.7 Å². The molecule has 1 aliphatic rings. The first-order valence-electron chi connectivity index (χ1n) is 8.53. The van der Waals surface area contributed by atoms with E-state index in [0.717, 1.165) is 28.0 Å². The predicted octanol–water partition coefficient (Wildman–Crippen LogP) is 3.62. The number of carbonyl (C=O) groups is 1. The molecule has 0 radical (unpaired) electrons. The monoisotopic (exact) mass is 345 g/mol. The van der Waals surface area contributed by atoms with Gasteiger partial charge in [-0.1, -0.05) is 30.3 Å². The van der Waals surface area contributed by atoms with Crippen LogP contribution in [0.25, 0.3) is 11.1 Å². The number of benzene rings is 2. The third-order valence-electron chi connectivity index (χ3n) is 4.83. The molecule has 1 N–H and O–H groups in total. The third kappa shape index (κ3) is 2.81. The number of aromatic nitrogens is 2. The minimum atomic E-state index is -0.156. The quantitative estimate of drug-likeness (QED) is 0.787. The van der Waals surface area contributed by atoms with Crippen LogP contribution < -0.4 is 10.1 Å². The lowest BCUT2D eigenvalue weighted by Crippen LogP contribution is -2.29. The third-order valence-corrected chi connectivity index (χ3v) is 4.83. The van der Waals surface area contributed by atoms with Gasteiger partial charge in [0.05, 0.1) is 6.04 Å². The van der Waals surface area contributed by atoms with E-state index in [1.165, 1.54) is 11.9 Å². The number of aryl methyl sites for hydroxylation is 1. The average molecular weight is 345 g/mol. The van der Waals surface area contributed by atoms with E-state index in [9.17, 15) is 4.79 Å². The molecule has 1 aromatic heterocycles. The van der Waals surface area contributed by atoms with Gasteiger partial charge >= 0.3 is 0 Å². The minimum Gasteiger partial charge on any atom is -0.490 e. The fourth-order valence-electron chi connectivity index (χ4n) is 3.26. The molecule has 5 heteroatoms. The van der Waals surface area contributed by atoms with E-state index >= 15 is 0 Å². The molecule has 3 aromatic rings. The zero-order chi connectivity index (χ0) is 18.1. The van der Waals surface area contributed by atoms with Crippen molar-refractivity contribution in [2.45, 2.75) is 19.9 Å². The summed E-state index contributed by atoms with van der Waals surface area (Å²) in [7, 11) is 0. The summed E-state index contributed by atoms with van der Waals surface area (Å²) in [6, 6.07) is 11.4. The Kier molecular flexibility index (Phi) is 4.13. The van der Waals surface area contributed by atoms with Gasteiger partial charge in [0.25, 0.3) is 5.91 Å². The van der Waals surface area contributed by atoms with Crippen molar-refractivity contribution in [3.05, 3.63) is 77.4 Å². The lowest BCUT2D eigenvalue weighted by molar-refractivity contribution is 0.0931. The molecule has 1 amide bonds. The highest BCUT2D eigenvalue weighted by molar-refractivity contribution is 6.01. The van der Waals surface area contributed by atoms with Gasteiger partial charge in [-0.2, -0.15) is 0 Å². The second-order valence-electron chi connectivity index (χ2n) is 6.44. The molecule has 0 saturated heterocycles. The van der Waals surface area contributed by atoms with Gasteiger partial charge in [0.2, 0.25) is 0 Å². The average Bonchev–Trinajstić information content (AvgIpc) is 3.09. The Balaban J connectivity index is 1.63. The molecule has 4 rings (SSSR count). The Morgan fingerprint density at radius 2 is 1.88 bits per heavy atom. The molecule has 0 saturated carbocycles. The summed E-state index contributed by atoms with van der Waals surface area (Å²) in [4.78, 5) is 21.0. The van der Waals surface area contributed by atoms with Crippen LogP contribution in [-0.4, -0.2) is 22.5 Å². The lowest BCUT2D eigenvalue weighted by atomic mass is 9.99. The van der Waals surface area contributed by atoms with Crippen molar-refractivity contribution in [2.75, 3.05) is 6.61 Å². The Bertz CT molecular complexity index is 970. The smallest absolute Gasteiger partial charge is 0.252 e. The van der Waals surface area contributed by atoms with E-state index in [1.54, 1.807) is 12.4 Å². The van der Waals surface area contributed by atoms with E-state index < -0.39 is 0 Å². The predicted molar refractivity (Wildman–Crippen MR) is 99.1 cm³/mol. The molecule has 0 spiro atoms. The Labute approximate surface area is 152 Å². The molecule has 5 nitrogen and oxygen atoms in total. The first-order chi connectivity index (χ1) is 12.6. The fraction of sp³-hybridized carbons (Fsp3) is 0.190. The Morgan fingerprint density at radius 1 is 1.12 bits per heavy atom. The first-order valence-corrected chi connectivity index (χ1v) is 8.53. The molecule has 2 aromatic carbocycles. The van der Waals surface area contributed by atoms with Gasteiger partial charge in [-0.15, -0.1) is 0 Å². The zero-order valence-electron chi connectivity index (χ0n) is 14.7. The molecule has 1 atom stereocenters. The second kappa shape index (κ2) is 6.59. The van der Waals surface area contributed by atoms with Crippen molar-refractivity contribution in [3.8, 4) is 16.9 Å². The summed E-state index contributed by atoms with van der Waals surface area (Å²) >= 11 is 0. The maximum atomic E-state index is 12.9. The molecular formula is C21H19N3O2. The van der Waals surface area contributed by atoms with E-state index in [1.807, 2.05) is 37.3 Å². The lowest BCUT2D eigenvalue weighted by Gasteiger charge is -2.14. The van der Waals surface area contributed by atoms with Gasteiger partial charge in [-0.05, 0) is 36.6 Å². The second-order valence-corrected chi connectivity index (χ2v) is 6.44. The van der Waals surface area contributed by atoms with Crippen LogP contribution in [0.4, 0.5) is 0 Å². The van der Waals surface area contributed by atoms with Crippen molar-refractivity contribution in [3.63, 3.8) is 0 Å². The number of hydrogen-bond acceptors (Lipinski definition) is 4. The normalized spacial score (nSPS) is 15.2. The molecule has 0 aliphatic carbocycles. The molecule has 0 unspecified atom stereocenters. The largest absolute Gasteiger partial charge is 0.490 e. The number of amides is 1. The number of rotatable bonds is 3. The van der Waals surface area contributed by atoms with Crippen LogP contribution in [0.3, 0.4) is 0 Å². The standard InChI is InChI=1S/C21H19N3O2/c1-13-7-8-18-19(11-26-20(18)14(13)2)24-21(25)17-6-4-3-5-16(17)15-9-22-12-23-10-15/h3-10,12,19H,11H2,1-2H3,(H,24,25)/t19-/m0/s1. The van der Waals surface area contributed by atoms with Crippen LogP contribution in [0.15, 0.2) is 55.1 Å². The summed E-state index contributed by atoms with van der Waals surface area (Å²) < 4.78 is 5.84. The number of hydrogen-bond donors (Lipinski definition) is 1. The number of fused-ring (bicyclic) bond motifs is 1. The van der Waals surface area contributed by atoms with Gasteiger partial charge < -0.3 is 10.1 Å². The van der Waals surface area contributed by atoms with Crippen LogP contribution in [0.2, 0.25) is 0 Å². The molecule has 0 bridgehead atoms. The van der Waals surface area contributed by atoms with Crippen LogP contribution in [0.5, 0.6) is 5.75 Å². The number of ether oxygens (including phenoxy) is 1. The van der Waals surface area contributed by atoms with Gasteiger partial charge in [-0.3, -0.25) is 4.79 Å². The molecule has 130 valence electrons. The number of carbonyl (C=O) groups excluding carboxylic acids is 1. The van der Waals surface area contributed by atoms with E-state index in [0.29, 0.717) is 12.2 Å². The molecule has 0 fully saturated rings. The molecular weight excluding hydrogens is 326 g/mol. The maximum absolute atomic E-state index is 12.9. The topological polar surface area (TPSA) is 64.1 Å². The van der Waals surface area contributed by atoms with Crippen LogP contribution in [0, 0.1) is 13.8 Å². The Hall–Kier alpha value is -3.21. The highest BCUT2D eigenvalue weighted by Gasteiger charge is 2.28. The summed E-state index contributed by atoms with van der Waals surface area (Å²) in [5.41, 5.74) is 5.56. The molecule has 2 heterocycles. The van der Waals surface area contributed by atoms with Gasteiger partial charge in [0.15, 0.2) is 0 Å². The zero-order valence-corrected chi connectivity index (χ0v) is 14.7. The van der Waals surface area contributed by atoms with E-state index in [2.05, 4.69) is 28.3 Å². The number of nitrogens with one attached hydrogen (secondary N) is 1. The Morgan fingerprint density at radius 3 is 2.69 bits per heavy atom. The highest BCUT2D eigenvalue weighted by Crippen LogP contribution is 2.37. The van der Waals surface area contributed by atoms with Crippen LogP contribution in [-0.2, 0) is 0 Å². The summed E-state index contributed by atoms with van der Waals surface area (Å²) in [5.74, 6) is 0.754. The van der Waals surface area contributed by atoms with Gasteiger partial charge in [-0.25, -0.2) is 9.97 Å². The maximum Gasteiger partial charge on any atom is 0.252 e. The highest BCUT2D eigenvalue weighted by atomic mass is 16.5.